The van der Waals surface area contributed by atoms with Crippen LogP contribution in [0.25, 0.3) is 0 Å². The summed E-state index contributed by atoms with van der Waals surface area (Å²) in [5, 5.41) is 1.10. The van der Waals surface area contributed by atoms with E-state index in [4.69, 9.17) is 23.2 Å². The number of halogens is 3. The molecule has 0 amide bonds. The van der Waals surface area contributed by atoms with Gasteiger partial charge in [-0.05, 0) is 37.5 Å². The van der Waals surface area contributed by atoms with Crippen LogP contribution in [0.4, 0.5) is 5.69 Å². The van der Waals surface area contributed by atoms with Crippen LogP contribution in [0.5, 0.6) is 0 Å². The molecule has 1 aromatic carbocycles. The molecule has 23 heavy (non-hydrogen) atoms. The number of fused-ring (bicyclic) bond motifs is 1. The van der Waals surface area contributed by atoms with Crippen molar-refractivity contribution in [3.8, 4) is 0 Å². The predicted molar refractivity (Wildman–Crippen MR) is 97.9 cm³/mol. The van der Waals surface area contributed by atoms with Crippen LogP contribution in [0.3, 0.4) is 0 Å². The molecule has 1 atom stereocenters. The van der Waals surface area contributed by atoms with Crippen molar-refractivity contribution in [1.82, 2.24) is 9.55 Å². The molecule has 0 radical (unpaired) electrons. The highest BCUT2D eigenvalue weighted by atomic mass is 79.9. The van der Waals surface area contributed by atoms with E-state index in [1.54, 1.807) is 10.8 Å². The molecule has 0 aliphatic carbocycles. The molecule has 0 bridgehead atoms. The maximum atomic E-state index is 11.9. The molecular formula is C16H16BrCl2N3O. The molecule has 7 heteroatoms. The van der Waals surface area contributed by atoms with Gasteiger partial charge in [0.2, 0.25) is 0 Å². The Morgan fingerprint density at radius 2 is 2.17 bits per heavy atom. The molecular weight excluding hydrogens is 401 g/mol. The SMILES string of the molecule is CC(CCN1CCc2cc(Br)cc(Cl)c21)n1cc(Cl)ncc1=O. The molecule has 3 rings (SSSR count). The van der Waals surface area contributed by atoms with Crippen LogP contribution < -0.4 is 10.5 Å². The number of nitrogens with zero attached hydrogens (tertiary/aromatic N) is 3. The Balaban J connectivity index is 1.73. The molecule has 0 N–H and O–H groups in total. The second kappa shape index (κ2) is 6.83. The monoisotopic (exact) mass is 415 g/mol. The van der Waals surface area contributed by atoms with E-state index in [9.17, 15) is 4.79 Å². The number of hydrogen-bond acceptors (Lipinski definition) is 3. The molecule has 2 aromatic rings. The van der Waals surface area contributed by atoms with Gasteiger partial charge in [-0.15, -0.1) is 0 Å². The van der Waals surface area contributed by atoms with E-state index in [1.165, 1.54) is 11.8 Å². The molecule has 2 heterocycles. The van der Waals surface area contributed by atoms with Crippen molar-refractivity contribution in [3.63, 3.8) is 0 Å². The van der Waals surface area contributed by atoms with E-state index < -0.39 is 0 Å². The lowest BCUT2D eigenvalue weighted by Gasteiger charge is -2.23. The first kappa shape index (κ1) is 16.8. The Morgan fingerprint density at radius 3 is 2.96 bits per heavy atom. The fraction of sp³-hybridized carbons (Fsp3) is 0.375. The second-order valence-electron chi connectivity index (χ2n) is 5.73. The number of rotatable bonds is 4. The third-order valence-corrected chi connectivity index (χ3v) is 5.11. The fourth-order valence-corrected chi connectivity index (χ4v) is 4.13. The highest BCUT2D eigenvalue weighted by Gasteiger charge is 2.23. The molecule has 0 fully saturated rings. The standard InChI is InChI=1S/C16H16BrCl2N3O/c1-10(22-9-14(19)20-8-15(22)23)2-4-21-5-3-11-6-12(17)7-13(18)16(11)21/h6-10H,2-5H2,1H3. The van der Waals surface area contributed by atoms with Gasteiger partial charge in [0.15, 0.2) is 0 Å². The zero-order chi connectivity index (χ0) is 16.6. The smallest absolute Gasteiger partial charge is 0.269 e. The lowest BCUT2D eigenvalue weighted by molar-refractivity contribution is 0.488. The summed E-state index contributed by atoms with van der Waals surface area (Å²) in [5.41, 5.74) is 2.24. The highest BCUT2D eigenvalue weighted by Crippen LogP contribution is 2.38. The minimum absolute atomic E-state index is 0.0428. The lowest BCUT2D eigenvalue weighted by atomic mass is 10.1. The van der Waals surface area contributed by atoms with Crippen molar-refractivity contribution in [2.45, 2.75) is 25.8 Å². The predicted octanol–water partition coefficient (Wildman–Crippen LogP) is 4.33. The number of anilines is 1. The van der Waals surface area contributed by atoms with Crippen molar-refractivity contribution in [3.05, 3.63) is 55.1 Å². The van der Waals surface area contributed by atoms with E-state index in [2.05, 4.69) is 31.9 Å². The largest absolute Gasteiger partial charge is 0.370 e. The van der Waals surface area contributed by atoms with Gasteiger partial charge in [0, 0.05) is 29.8 Å². The molecule has 1 unspecified atom stereocenters. The number of aromatic nitrogens is 2. The van der Waals surface area contributed by atoms with Crippen molar-refractivity contribution in [2.24, 2.45) is 0 Å². The molecule has 4 nitrogen and oxygen atoms in total. The maximum absolute atomic E-state index is 11.9. The van der Waals surface area contributed by atoms with Crippen molar-refractivity contribution < 1.29 is 0 Å². The number of benzene rings is 1. The lowest BCUT2D eigenvalue weighted by Crippen LogP contribution is -2.28. The average molecular weight is 417 g/mol. The summed E-state index contributed by atoms with van der Waals surface area (Å²) in [6.07, 6.45) is 4.67. The Morgan fingerprint density at radius 1 is 1.39 bits per heavy atom. The Hall–Kier alpha value is -1.04. The molecule has 1 aliphatic rings. The van der Waals surface area contributed by atoms with E-state index in [0.29, 0.717) is 5.15 Å². The van der Waals surface area contributed by atoms with E-state index in [-0.39, 0.29) is 11.6 Å². The van der Waals surface area contributed by atoms with Crippen LogP contribution in [0, 0.1) is 0 Å². The minimum Gasteiger partial charge on any atom is -0.370 e. The van der Waals surface area contributed by atoms with Gasteiger partial charge in [-0.25, -0.2) is 4.98 Å². The first-order chi connectivity index (χ1) is 11.0. The summed E-state index contributed by atoms with van der Waals surface area (Å²) in [7, 11) is 0. The summed E-state index contributed by atoms with van der Waals surface area (Å²) in [5.74, 6) is 0. The van der Waals surface area contributed by atoms with Crippen LogP contribution in [0.15, 0.2) is 33.8 Å². The van der Waals surface area contributed by atoms with E-state index in [1.807, 2.05) is 13.0 Å². The average Bonchev–Trinajstić information content (AvgIpc) is 2.90. The Kier molecular flexibility index (Phi) is 4.99. The third kappa shape index (κ3) is 3.57. The van der Waals surface area contributed by atoms with Crippen LogP contribution in [0.1, 0.15) is 24.9 Å². The normalized spacial score (nSPS) is 14.9. The molecule has 0 saturated carbocycles. The van der Waals surface area contributed by atoms with E-state index >= 15 is 0 Å². The van der Waals surface area contributed by atoms with Gasteiger partial charge in [0.1, 0.15) is 5.15 Å². The summed E-state index contributed by atoms with van der Waals surface area (Å²) in [6, 6.07) is 4.09. The fourth-order valence-electron chi connectivity index (χ4n) is 2.98. The molecule has 1 aromatic heterocycles. The third-order valence-electron chi connectivity index (χ3n) is 4.16. The minimum atomic E-state index is -0.134. The Labute approximate surface area is 153 Å². The van der Waals surface area contributed by atoms with E-state index in [0.717, 1.165) is 41.1 Å². The molecule has 0 saturated heterocycles. The van der Waals surface area contributed by atoms with Crippen LogP contribution >= 0.6 is 39.1 Å². The molecule has 122 valence electrons. The zero-order valence-electron chi connectivity index (χ0n) is 12.6. The molecule has 1 aliphatic heterocycles. The van der Waals surface area contributed by atoms with Gasteiger partial charge in [0.25, 0.3) is 5.56 Å². The van der Waals surface area contributed by atoms with Gasteiger partial charge >= 0.3 is 0 Å². The van der Waals surface area contributed by atoms with Crippen molar-refractivity contribution >= 4 is 44.8 Å². The van der Waals surface area contributed by atoms with Crippen molar-refractivity contribution in [1.29, 1.82) is 0 Å². The zero-order valence-corrected chi connectivity index (χ0v) is 15.7. The summed E-state index contributed by atoms with van der Waals surface area (Å²) in [6.45, 7) is 3.80. The topological polar surface area (TPSA) is 38.1 Å². The van der Waals surface area contributed by atoms with Gasteiger partial charge in [-0.3, -0.25) is 4.79 Å². The maximum Gasteiger partial charge on any atom is 0.269 e. The highest BCUT2D eigenvalue weighted by molar-refractivity contribution is 9.10. The number of hydrogen-bond donors (Lipinski definition) is 0. The first-order valence-electron chi connectivity index (χ1n) is 7.42. The molecule has 0 spiro atoms. The Bertz CT molecular complexity index is 793. The van der Waals surface area contributed by atoms with Crippen LogP contribution in [-0.2, 0) is 6.42 Å². The van der Waals surface area contributed by atoms with Crippen LogP contribution in [0.2, 0.25) is 10.2 Å². The van der Waals surface area contributed by atoms with Gasteiger partial charge in [-0.2, -0.15) is 0 Å². The summed E-state index contributed by atoms with van der Waals surface area (Å²) >= 11 is 15.8. The van der Waals surface area contributed by atoms with Gasteiger partial charge in [-0.1, -0.05) is 39.1 Å². The van der Waals surface area contributed by atoms with Gasteiger partial charge < -0.3 is 9.47 Å². The van der Waals surface area contributed by atoms with Crippen molar-refractivity contribution in [2.75, 3.05) is 18.0 Å². The summed E-state index contributed by atoms with van der Waals surface area (Å²) in [4.78, 5) is 18.0. The van der Waals surface area contributed by atoms with Crippen LogP contribution in [-0.4, -0.2) is 22.6 Å². The summed E-state index contributed by atoms with van der Waals surface area (Å²) < 4.78 is 2.64. The van der Waals surface area contributed by atoms with Gasteiger partial charge in [0.05, 0.1) is 16.9 Å². The quantitative estimate of drug-likeness (QED) is 0.744. The first-order valence-corrected chi connectivity index (χ1v) is 8.97. The second-order valence-corrected chi connectivity index (χ2v) is 7.44.